The number of amides is 1. The van der Waals surface area contributed by atoms with E-state index in [0.29, 0.717) is 17.9 Å². The van der Waals surface area contributed by atoms with Crippen molar-refractivity contribution in [3.05, 3.63) is 35.9 Å². The van der Waals surface area contributed by atoms with Crippen molar-refractivity contribution < 1.29 is 4.79 Å². The van der Waals surface area contributed by atoms with Gasteiger partial charge in [-0.25, -0.2) is 0 Å². The van der Waals surface area contributed by atoms with Gasteiger partial charge in [-0.2, -0.15) is 0 Å². The third-order valence-corrected chi connectivity index (χ3v) is 6.68. The highest BCUT2D eigenvalue weighted by atomic mass is 35.5. The normalized spacial score (nSPS) is 33.7. The lowest BCUT2D eigenvalue weighted by atomic mass is 9.64. The summed E-state index contributed by atoms with van der Waals surface area (Å²) in [6, 6.07) is 10.8. The van der Waals surface area contributed by atoms with Crippen LogP contribution in [0.15, 0.2) is 30.3 Å². The van der Waals surface area contributed by atoms with Crippen molar-refractivity contribution in [3.63, 3.8) is 0 Å². The minimum absolute atomic E-state index is 0. The van der Waals surface area contributed by atoms with Gasteiger partial charge in [-0.1, -0.05) is 36.8 Å². The summed E-state index contributed by atoms with van der Waals surface area (Å²) in [6.45, 7) is 0. The van der Waals surface area contributed by atoms with Crippen molar-refractivity contribution in [2.75, 3.05) is 0 Å². The lowest BCUT2D eigenvalue weighted by molar-refractivity contribution is -0.131. The van der Waals surface area contributed by atoms with Crippen LogP contribution in [0.1, 0.15) is 56.9 Å². The second-order valence-corrected chi connectivity index (χ2v) is 7.99. The van der Waals surface area contributed by atoms with E-state index in [0.717, 1.165) is 25.7 Å². The molecule has 3 aliphatic rings. The van der Waals surface area contributed by atoms with Crippen LogP contribution in [-0.2, 0) is 10.3 Å². The summed E-state index contributed by atoms with van der Waals surface area (Å²) in [5.74, 6) is 1.57. The van der Waals surface area contributed by atoms with E-state index >= 15 is 0 Å². The maximum Gasteiger partial charge on any atom is 0.223 e. The molecule has 0 aromatic heterocycles. The van der Waals surface area contributed by atoms with Gasteiger partial charge in [-0.15, -0.1) is 12.4 Å². The fourth-order valence-corrected chi connectivity index (χ4v) is 5.11. The number of nitrogens with one attached hydrogen (secondary N) is 1. The number of fused-ring (bicyclic) bond motifs is 2. The molecule has 1 amide bonds. The molecule has 3 nitrogen and oxygen atoms in total. The van der Waals surface area contributed by atoms with Crippen LogP contribution in [0.5, 0.6) is 0 Å². The fraction of sp³-hybridized carbons (Fsp3) is 0.650. The van der Waals surface area contributed by atoms with Gasteiger partial charge in [0.25, 0.3) is 0 Å². The van der Waals surface area contributed by atoms with E-state index in [1.165, 1.54) is 31.2 Å². The molecule has 3 fully saturated rings. The lowest BCUT2D eigenvalue weighted by Crippen LogP contribution is -2.55. The Kier molecular flexibility index (Phi) is 5.22. The van der Waals surface area contributed by atoms with Gasteiger partial charge in [0.15, 0.2) is 0 Å². The van der Waals surface area contributed by atoms with Gasteiger partial charge in [-0.3, -0.25) is 4.79 Å². The summed E-state index contributed by atoms with van der Waals surface area (Å²) in [5.41, 5.74) is 7.54. The molecule has 2 unspecified atom stereocenters. The largest absolute Gasteiger partial charge is 0.346 e. The quantitative estimate of drug-likeness (QED) is 0.873. The Hall–Kier alpha value is -1.06. The molecule has 0 saturated heterocycles. The van der Waals surface area contributed by atoms with Crippen molar-refractivity contribution in [1.29, 1.82) is 0 Å². The van der Waals surface area contributed by atoms with Crippen LogP contribution in [0, 0.1) is 17.8 Å². The van der Waals surface area contributed by atoms with E-state index < -0.39 is 0 Å². The van der Waals surface area contributed by atoms with Gasteiger partial charge < -0.3 is 11.1 Å². The molecule has 3 saturated carbocycles. The van der Waals surface area contributed by atoms with Crippen LogP contribution in [0.4, 0.5) is 0 Å². The lowest BCUT2D eigenvalue weighted by Gasteiger charge is -2.47. The van der Waals surface area contributed by atoms with Crippen molar-refractivity contribution in [3.8, 4) is 0 Å². The molecule has 2 atom stereocenters. The average Bonchev–Trinajstić information content (AvgIpc) is 2.51. The molecule has 132 valence electrons. The first kappa shape index (κ1) is 17.8. The molecule has 0 aliphatic heterocycles. The maximum atomic E-state index is 13.0. The molecular formula is C20H29ClN2O. The van der Waals surface area contributed by atoms with Crippen molar-refractivity contribution in [2.45, 2.75) is 62.9 Å². The first-order valence-electron chi connectivity index (χ1n) is 9.31. The predicted octanol–water partition coefficient (Wildman–Crippen LogP) is 3.76. The fourth-order valence-electron chi connectivity index (χ4n) is 5.11. The number of nitrogens with two attached hydrogens (primary N) is 1. The van der Waals surface area contributed by atoms with Crippen molar-refractivity contribution >= 4 is 18.3 Å². The highest BCUT2D eigenvalue weighted by Crippen LogP contribution is 2.44. The van der Waals surface area contributed by atoms with Gasteiger partial charge in [0.1, 0.15) is 0 Å². The molecular weight excluding hydrogens is 320 g/mol. The third kappa shape index (κ3) is 3.09. The molecule has 1 aromatic rings. The summed E-state index contributed by atoms with van der Waals surface area (Å²) in [7, 11) is 0. The zero-order valence-electron chi connectivity index (χ0n) is 14.2. The molecule has 0 heterocycles. The molecule has 0 radical (unpaired) electrons. The number of rotatable bonds is 3. The number of hydrogen-bond acceptors (Lipinski definition) is 2. The molecule has 1 aromatic carbocycles. The zero-order valence-corrected chi connectivity index (χ0v) is 15.1. The van der Waals surface area contributed by atoms with Gasteiger partial charge >= 0.3 is 0 Å². The topological polar surface area (TPSA) is 55.1 Å². The molecule has 4 rings (SSSR count). The smallest absolute Gasteiger partial charge is 0.223 e. The minimum atomic E-state index is -0.104. The Balaban J connectivity index is 0.00000169. The monoisotopic (exact) mass is 348 g/mol. The number of benzene rings is 1. The second-order valence-electron chi connectivity index (χ2n) is 7.99. The molecule has 4 heteroatoms. The maximum absolute atomic E-state index is 13.0. The number of hydrogen-bond donors (Lipinski definition) is 2. The van der Waals surface area contributed by atoms with Crippen LogP contribution in [0.3, 0.4) is 0 Å². The highest BCUT2D eigenvalue weighted by molar-refractivity contribution is 5.85. The van der Waals surface area contributed by atoms with Crippen LogP contribution < -0.4 is 11.1 Å². The Labute approximate surface area is 151 Å². The van der Waals surface area contributed by atoms with E-state index in [-0.39, 0.29) is 29.8 Å². The van der Waals surface area contributed by atoms with E-state index in [2.05, 4.69) is 29.6 Å². The molecule has 0 spiro atoms. The standard InChI is InChI=1S/C20H28N2O.ClH/c21-18-14-6-4-7-15(18)13-16(12-14)19(23)22-20(10-5-11-20)17-8-2-1-3-9-17;/h1-3,8-9,14-16,18H,4-7,10-13,21H2,(H,22,23);1H. The summed E-state index contributed by atoms with van der Waals surface area (Å²) in [4.78, 5) is 13.0. The van der Waals surface area contributed by atoms with Crippen LogP contribution in [0.2, 0.25) is 0 Å². The van der Waals surface area contributed by atoms with Crippen LogP contribution >= 0.6 is 12.4 Å². The van der Waals surface area contributed by atoms with E-state index in [9.17, 15) is 4.79 Å². The van der Waals surface area contributed by atoms with E-state index in [4.69, 9.17) is 5.73 Å². The van der Waals surface area contributed by atoms with Crippen molar-refractivity contribution in [2.24, 2.45) is 23.5 Å². The van der Waals surface area contributed by atoms with Gasteiger partial charge in [0.2, 0.25) is 5.91 Å². The Bertz CT molecular complexity index is 558. The van der Waals surface area contributed by atoms with Gasteiger partial charge in [0.05, 0.1) is 5.54 Å². The van der Waals surface area contributed by atoms with Crippen LogP contribution in [0.25, 0.3) is 0 Å². The van der Waals surface area contributed by atoms with E-state index in [1.807, 2.05) is 6.07 Å². The van der Waals surface area contributed by atoms with Crippen molar-refractivity contribution in [1.82, 2.24) is 5.32 Å². The molecule has 3 N–H and O–H groups in total. The van der Waals surface area contributed by atoms with E-state index in [1.54, 1.807) is 0 Å². The predicted molar refractivity (Wildman–Crippen MR) is 98.9 cm³/mol. The zero-order chi connectivity index (χ0) is 15.9. The third-order valence-electron chi connectivity index (χ3n) is 6.68. The van der Waals surface area contributed by atoms with Gasteiger partial charge in [0, 0.05) is 12.0 Å². The first-order valence-corrected chi connectivity index (χ1v) is 9.31. The summed E-state index contributed by atoms with van der Waals surface area (Å²) in [6.07, 6.45) is 9.06. The van der Waals surface area contributed by atoms with Crippen LogP contribution in [-0.4, -0.2) is 11.9 Å². The molecule has 3 aliphatic carbocycles. The number of carbonyl (C=O) groups excluding carboxylic acids is 1. The number of halogens is 1. The summed E-state index contributed by atoms with van der Waals surface area (Å²) in [5, 5.41) is 3.44. The molecule has 2 bridgehead atoms. The SMILES string of the molecule is Cl.NC1C2CCCC1CC(C(=O)NC1(c3ccccc3)CCC1)C2. The Morgan fingerprint density at radius 2 is 1.67 bits per heavy atom. The molecule has 24 heavy (non-hydrogen) atoms. The Morgan fingerprint density at radius 1 is 1.04 bits per heavy atom. The average molecular weight is 349 g/mol. The summed E-state index contributed by atoms with van der Waals surface area (Å²) >= 11 is 0. The highest BCUT2D eigenvalue weighted by Gasteiger charge is 2.44. The Morgan fingerprint density at radius 3 is 2.21 bits per heavy atom. The van der Waals surface area contributed by atoms with Gasteiger partial charge in [-0.05, 0) is 62.3 Å². The first-order chi connectivity index (χ1) is 11.2. The number of carbonyl (C=O) groups is 1. The summed E-state index contributed by atoms with van der Waals surface area (Å²) < 4.78 is 0. The second kappa shape index (κ2) is 7.05. The minimum Gasteiger partial charge on any atom is -0.346 e.